The highest BCUT2D eigenvalue weighted by molar-refractivity contribution is 7.80. The van der Waals surface area contributed by atoms with Gasteiger partial charge < -0.3 is 20.3 Å². The van der Waals surface area contributed by atoms with Crippen LogP contribution in [0.3, 0.4) is 0 Å². The molecule has 26 heavy (non-hydrogen) atoms. The number of rotatable bonds is 4. The number of thiocarbonyl (C=S) groups is 1. The minimum Gasteiger partial charge on any atom is -0.378 e. The lowest BCUT2D eigenvalue weighted by Crippen LogP contribution is -2.41. The molecule has 1 fully saturated rings. The van der Waals surface area contributed by atoms with Gasteiger partial charge in [0.25, 0.3) is 5.91 Å². The number of aromatic nitrogens is 2. The van der Waals surface area contributed by atoms with Gasteiger partial charge >= 0.3 is 0 Å². The summed E-state index contributed by atoms with van der Waals surface area (Å²) in [5, 5.41) is 11.0. The highest BCUT2D eigenvalue weighted by atomic mass is 32.1. The SMILES string of the molecule is CCn1ncc(NC(=S)Nc2ccc(C)cc2)c1C(=O)N1CCOCC1. The fourth-order valence-electron chi connectivity index (χ4n) is 2.78. The molecule has 3 rings (SSSR count). The minimum absolute atomic E-state index is 0.0618. The molecule has 0 aliphatic carbocycles. The zero-order chi connectivity index (χ0) is 18.5. The van der Waals surface area contributed by atoms with Crippen LogP contribution in [0.5, 0.6) is 0 Å². The Morgan fingerprint density at radius 1 is 1.23 bits per heavy atom. The third kappa shape index (κ3) is 4.20. The number of carbonyl (C=O) groups excluding carboxylic acids is 1. The van der Waals surface area contributed by atoms with Gasteiger partial charge in [0.15, 0.2) is 5.11 Å². The Labute approximate surface area is 158 Å². The first kappa shape index (κ1) is 18.3. The number of morpholine rings is 1. The quantitative estimate of drug-likeness (QED) is 0.803. The normalized spacial score (nSPS) is 14.2. The molecule has 1 amide bonds. The van der Waals surface area contributed by atoms with Crippen molar-refractivity contribution >= 4 is 34.6 Å². The van der Waals surface area contributed by atoms with Gasteiger partial charge in [0.2, 0.25) is 0 Å². The number of carbonyl (C=O) groups is 1. The molecule has 1 aliphatic rings. The maximum atomic E-state index is 12.9. The standard InChI is InChI=1S/C18H23N5O2S/c1-3-23-16(17(24)22-8-10-25-11-9-22)15(12-19-23)21-18(26)20-14-6-4-13(2)5-7-14/h4-7,12H,3,8-11H2,1-2H3,(H2,20,21,26). The summed E-state index contributed by atoms with van der Waals surface area (Å²) in [5.74, 6) is -0.0618. The van der Waals surface area contributed by atoms with Crippen LogP contribution in [0.4, 0.5) is 11.4 Å². The highest BCUT2D eigenvalue weighted by Crippen LogP contribution is 2.19. The Morgan fingerprint density at radius 2 is 1.92 bits per heavy atom. The second-order valence-electron chi connectivity index (χ2n) is 6.07. The summed E-state index contributed by atoms with van der Waals surface area (Å²) in [6.07, 6.45) is 1.64. The van der Waals surface area contributed by atoms with E-state index in [0.29, 0.717) is 49.3 Å². The molecule has 0 saturated carbocycles. The van der Waals surface area contributed by atoms with Crippen LogP contribution in [-0.4, -0.2) is 52.0 Å². The Balaban J connectivity index is 1.75. The van der Waals surface area contributed by atoms with Crippen molar-refractivity contribution in [2.24, 2.45) is 0 Å². The van der Waals surface area contributed by atoms with Crippen LogP contribution in [0, 0.1) is 6.92 Å². The average molecular weight is 373 g/mol. The number of anilines is 2. The first-order chi connectivity index (χ1) is 12.6. The van der Waals surface area contributed by atoms with Gasteiger partial charge in [0, 0.05) is 25.3 Å². The van der Waals surface area contributed by atoms with E-state index in [4.69, 9.17) is 17.0 Å². The van der Waals surface area contributed by atoms with Crippen molar-refractivity contribution in [1.82, 2.24) is 14.7 Å². The summed E-state index contributed by atoms with van der Waals surface area (Å²) in [6.45, 7) is 6.87. The lowest BCUT2D eigenvalue weighted by Gasteiger charge is -2.27. The molecule has 1 aliphatic heterocycles. The van der Waals surface area contributed by atoms with Crippen molar-refractivity contribution in [3.63, 3.8) is 0 Å². The van der Waals surface area contributed by atoms with E-state index in [0.717, 1.165) is 5.69 Å². The number of nitrogens with zero attached hydrogens (tertiary/aromatic N) is 3. The second kappa shape index (κ2) is 8.29. The minimum atomic E-state index is -0.0618. The van der Waals surface area contributed by atoms with Crippen molar-refractivity contribution in [2.45, 2.75) is 20.4 Å². The van der Waals surface area contributed by atoms with Crippen LogP contribution in [0.1, 0.15) is 23.0 Å². The van der Waals surface area contributed by atoms with Crippen LogP contribution in [0.15, 0.2) is 30.5 Å². The lowest BCUT2D eigenvalue weighted by atomic mass is 10.2. The molecule has 7 nitrogen and oxygen atoms in total. The van der Waals surface area contributed by atoms with Gasteiger partial charge in [0.05, 0.1) is 25.1 Å². The molecular weight excluding hydrogens is 350 g/mol. The largest absolute Gasteiger partial charge is 0.378 e. The Kier molecular flexibility index (Phi) is 5.85. The van der Waals surface area contributed by atoms with Crippen LogP contribution in [0.2, 0.25) is 0 Å². The fourth-order valence-corrected chi connectivity index (χ4v) is 3.01. The first-order valence-corrected chi connectivity index (χ1v) is 9.07. The maximum Gasteiger partial charge on any atom is 0.274 e. The van der Waals surface area contributed by atoms with Crippen LogP contribution >= 0.6 is 12.2 Å². The predicted molar refractivity (Wildman–Crippen MR) is 106 cm³/mol. The first-order valence-electron chi connectivity index (χ1n) is 8.66. The monoisotopic (exact) mass is 373 g/mol. The zero-order valence-electron chi connectivity index (χ0n) is 15.0. The summed E-state index contributed by atoms with van der Waals surface area (Å²) >= 11 is 5.39. The van der Waals surface area contributed by atoms with Gasteiger partial charge in [-0.1, -0.05) is 17.7 Å². The molecular formula is C18H23N5O2S. The van der Waals surface area contributed by atoms with Gasteiger partial charge in [-0.05, 0) is 38.2 Å². The van der Waals surface area contributed by atoms with Crippen molar-refractivity contribution < 1.29 is 9.53 Å². The van der Waals surface area contributed by atoms with Crippen LogP contribution in [0.25, 0.3) is 0 Å². The van der Waals surface area contributed by atoms with Crippen molar-refractivity contribution in [3.05, 3.63) is 41.7 Å². The predicted octanol–water partition coefficient (Wildman–Crippen LogP) is 2.49. The van der Waals surface area contributed by atoms with E-state index >= 15 is 0 Å². The summed E-state index contributed by atoms with van der Waals surface area (Å²) < 4.78 is 7.02. The molecule has 0 radical (unpaired) electrons. The second-order valence-corrected chi connectivity index (χ2v) is 6.48. The molecule has 1 aromatic carbocycles. The molecule has 138 valence electrons. The van der Waals surface area contributed by atoms with Crippen molar-refractivity contribution in [1.29, 1.82) is 0 Å². The van der Waals surface area contributed by atoms with E-state index < -0.39 is 0 Å². The van der Waals surface area contributed by atoms with Crippen LogP contribution < -0.4 is 10.6 Å². The van der Waals surface area contributed by atoms with Crippen molar-refractivity contribution in [3.8, 4) is 0 Å². The number of aryl methyl sites for hydroxylation is 2. The molecule has 0 spiro atoms. The summed E-state index contributed by atoms with van der Waals surface area (Å²) in [7, 11) is 0. The summed E-state index contributed by atoms with van der Waals surface area (Å²) in [6, 6.07) is 7.93. The van der Waals surface area contributed by atoms with E-state index in [2.05, 4.69) is 15.7 Å². The van der Waals surface area contributed by atoms with E-state index in [1.54, 1.807) is 15.8 Å². The number of benzene rings is 1. The van der Waals surface area contributed by atoms with Gasteiger partial charge in [-0.3, -0.25) is 9.48 Å². The third-order valence-corrected chi connectivity index (χ3v) is 4.40. The number of hydrogen-bond donors (Lipinski definition) is 2. The third-order valence-electron chi connectivity index (χ3n) is 4.20. The van der Waals surface area contributed by atoms with Crippen LogP contribution in [-0.2, 0) is 11.3 Å². The molecule has 2 N–H and O–H groups in total. The number of hydrogen-bond acceptors (Lipinski definition) is 4. The van der Waals surface area contributed by atoms with E-state index in [-0.39, 0.29) is 5.91 Å². The Hall–Kier alpha value is -2.45. The number of ether oxygens (including phenoxy) is 1. The van der Waals surface area contributed by atoms with E-state index in [1.165, 1.54) is 5.56 Å². The Morgan fingerprint density at radius 3 is 2.58 bits per heavy atom. The molecule has 1 aromatic heterocycles. The van der Waals surface area contributed by atoms with E-state index in [9.17, 15) is 4.79 Å². The maximum absolute atomic E-state index is 12.9. The molecule has 2 aromatic rings. The smallest absolute Gasteiger partial charge is 0.274 e. The van der Waals surface area contributed by atoms with Gasteiger partial charge in [-0.15, -0.1) is 0 Å². The van der Waals surface area contributed by atoms with Gasteiger partial charge in [-0.2, -0.15) is 5.10 Å². The van der Waals surface area contributed by atoms with Crippen molar-refractivity contribution in [2.75, 3.05) is 36.9 Å². The molecule has 0 atom stereocenters. The average Bonchev–Trinajstić information content (AvgIpc) is 3.06. The molecule has 1 saturated heterocycles. The zero-order valence-corrected chi connectivity index (χ0v) is 15.8. The summed E-state index contributed by atoms with van der Waals surface area (Å²) in [5.41, 5.74) is 3.18. The lowest BCUT2D eigenvalue weighted by molar-refractivity contribution is 0.0295. The van der Waals surface area contributed by atoms with E-state index in [1.807, 2.05) is 38.1 Å². The van der Waals surface area contributed by atoms with Gasteiger partial charge in [0.1, 0.15) is 5.69 Å². The Bertz CT molecular complexity index is 781. The molecule has 0 bridgehead atoms. The fraction of sp³-hybridized carbons (Fsp3) is 0.389. The number of amides is 1. The van der Waals surface area contributed by atoms with Gasteiger partial charge in [-0.25, -0.2) is 0 Å². The summed E-state index contributed by atoms with van der Waals surface area (Å²) in [4.78, 5) is 14.7. The molecule has 0 unspecified atom stereocenters. The topological polar surface area (TPSA) is 71.4 Å². The molecule has 8 heteroatoms. The number of nitrogens with one attached hydrogen (secondary N) is 2. The molecule has 2 heterocycles. The highest BCUT2D eigenvalue weighted by Gasteiger charge is 2.25.